The minimum atomic E-state index is -4.75. The number of amides is 1. The third-order valence-corrected chi connectivity index (χ3v) is 5.02. The molecule has 1 saturated heterocycles. The highest BCUT2D eigenvalue weighted by Gasteiger charge is 2.38. The topological polar surface area (TPSA) is 76.4 Å². The highest BCUT2D eigenvalue weighted by atomic mass is 19.4. The summed E-state index contributed by atoms with van der Waals surface area (Å²) in [6.07, 6.45) is -4.75. The van der Waals surface area contributed by atoms with Crippen LogP contribution in [-0.4, -0.2) is 41.1 Å². The van der Waals surface area contributed by atoms with Crippen LogP contribution >= 0.6 is 0 Å². The SMILES string of the molecule is CC(O)(CN1CC(c2ccc(F)cc2)C1)C(=O)Nc1ccc(C#N)c(C(F)(F)F)c1. The first-order valence-electron chi connectivity index (χ1n) is 9.12. The molecule has 5 nitrogen and oxygen atoms in total. The summed E-state index contributed by atoms with van der Waals surface area (Å²) in [5, 5.41) is 21.6. The van der Waals surface area contributed by atoms with Crippen LogP contribution in [0.15, 0.2) is 42.5 Å². The number of benzene rings is 2. The molecule has 1 unspecified atom stereocenters. The van der Waals surface area contributed by atoms with Crippen molar-refractivity contribution < 1.29 is 27.5 Å². The first kappa shape index (κ1) is 21.7. The van der Waals surface area contributed by atoms with Crippen LogP contribution < -0.4 is 5.32 Å². The zero-order chi connectivity index (χ0) is 22.1. The molecule has 1 atom stereocenters. The number of nitriles is 1. The molecule has 0 aromatic heterocycles. The van der Waals surface area contributed by atoms with Crippen molar-refractivity contribution in [2.24, 2.45) is 0 Å². The van der Waals surface area contributed by atoms with Gasteiger partial charge in [-0.25, -0.2) is 4.39 Å². The van der Waals surface area contributed by atoms with Gasteiger partial charge in [-0.2, -0.15) is 18.4 Å². The predicted molar refractivity (Wildman–Crippen MR) is 101 cm³/mol. The summed E-state index contributed by atoms with van der Waals surface area (Å²) in [7, 11) is 0. The number of carbonyl (C=O) groups excluding carboxylic acids is 1. The Labute approximate surface area is 170 Å². The highest BCUT2D eigenvalue weighted by molar-refractivity contribution is 5.97. The van der Waals surface area contributed by atoms with E-state index in [9.17, 15) is 27.5 Å². The fourth-order valence-corrected chi connectivity index (χ4v) is 3.37. The Bertz CT molecular complexity index is 975. The van der Waals surface area contributed by atoms with Gasteiger partial charge in [-0.1, -0.05) is 12.1 Å². The number of hydrogen-bond donors (Lipinski definition) is 2. The second-order valence-electron chi connectivity index (χ2n) is 7.54. The van der Waals surface area contributed by atoms with Gasteiger partial charge in [0.1, 0.15) is 5.82 Å². The van der Waals surface area contributed by atoms with E-state index in [1.807, 2.05) is 4.90 Å². The molecular weight excluding hydrogens is 402 g/mol. The summed E-state index contributed by atoms with van der Waals surface area (Å²) in [6, 6.07) is 10.4. The van der Waals surface area contributed by atoms with Gasteiger partial charge in [0.15, 0.2) is 5.60 Å². The van der Waals surface area contributed by atoms with Gasteiger partial charge in [0.25, 0.3) is 5.91 Å². The molecule has 30 heavy (non-hydrogen) atoms. The first-order chi connectivity index (χ1) is 14.0. The quantitative estimate of drug-likeness (QED) is 0.725. The minimum Gasteiger partial charge on any atom is -0.379 e. The normalized spacial score (nSPS) is 17.0. The van der Waals surface area contributed by atoms with Crippen molar-refractivity contribution in [3.8, 4) is 6.07 Å². The standard InChI is InChI=1S/C21H19F4N3O2/c1-20(30,12-28-10-15(11-28)13-2-5-16(22)6-3-13)19(29)27-17-7-4-14(9-26)18(8-17)21(23,24)25/h2-8,15,30H,10-12H2,1H3,(H,27,29). The Morgan fingerprint density at radius 2 is 1.87 bits per heavy atom. The van der Waals surface area contributed by atoms with Crippen molar-refractivity contribution in [3.63, 3.8) is 0 Å². The molecule has 1 heterocycles. The number of carbonyl (C=O) groups is 1. The molecule has 158 valence electrons. The lowest BCUT2D eigenvalue weighted by atomic mass is 9.90. The molecule has 1 aliphatic rings. The zero-order valence-electron chi connectivity index (χ0n) is 16.0. The number of nitrogens with zero attached hydrogens (tertiary/aromatic N) is 2. The van der Waals surface area contributed by atoms with Gasteiger partial charge in [-0.3, -0.25) is 9.69 Å². The van der Waals surface area contributed by atoms with Crippen LogP contribution in [0.1, 0.15) is 29.5 Å². The van der Waals surface area contributed by atoms with Crippen LogP contribution in [0.25, 0.3) is 0 Å². The van der Waals surface area contributed by atoms with Crippen LogP contribution in [0.4, 0.5) is 23.2 Å². The monoisotopic (exact) mass is 421 g/mol. The second kappa shape index (κ2) is 8.05. The molecule has 1 amide bonds. The summed E-state index contributed by atoms with van der Waals surface area (Å²) < 4.78 is 52.2. The van der Waals surface area contributed by atoms with Crippen molar-refractivity contribution in [1.29, 1.82) is 5.26 Å². The van der Waals surface area contributed by atoms with Gasteiger partial charge >= 0.3 is 6.18 Å². The molecule has 0 bridgehead atoms. The summed E-state index contributed by atoms with van der Waals surface area (Å²) >= 11 is 0. The van der Waals surface area contributed by atoms with Crippen molar-refractivity contribution in [2.45, 2.75) is 24.6 Å². The Kier molecular flexibility index (Phi) is 5.83. The van der Waals surface area contributed by atoms with E-state index in [0.29, 0.717) is 19.2 Å². The number of aliphatic hydroxyl groups is 1. The number of anilines is 1. The Balaban J connectivity index is 1.61. The molecule has 2 N–H and O–H groups in total. The maximum absolute atomic E-state index is 13.1. The number of alkyl halides is 3. The largest absolute Gasteiger partial charge is 0.417 e. The number of β-amino-alcohol motifs (C(OH)–C–C–N with tert-alkyl or cyclic N) is 1. The van der Waals surface area contributed by atoms with Crippen LogP contribution in [0.3, 0.4) is 0 Å². The molecule has 1 aliphatic heterocycles. The van der Waals surface area contributed by atoms with Gasteiger partial charge in [0.05, 0.1) is 17.2 Å². The van der Waals surface area contributed by atoms with E-state index in [2.05, 4.69) is 5.32 Å². The average molecular weight is 421 g/mol. The molecule has 0 spiro atoms. The van der Waals surface area contributed by atoms with E-state index in [0.717, 1.165) is 11.6 Å². The third-order valence-electron chi connectivity index (χ3n) is 5.02. The van der Waals surface area contributed by atoms with Gasteiger partial charge in [0, 0.05) is 31.2 Å². The number of hydrogen-bond acceptors (Lipinski definition) is 4. The summed E-state index contributed by atoms with van der Waals surface area (Å²) in [5.41, 5.74) is -2.78. The lowest BCUT2D eigenvalue weighted by Gasteiger charge is -2.42. The van der Waals surface area contributed by atoms with Crippen molar-refractivity contribution >= 4 is 11.6 Å². The lowest BCUT2D eigenvalue weighted by molar-refractivity contribution is -0.138. The van der Waals surface area contributed by atoms with E-state index in [4.69, 9.17) is 5.26 Å². The molecule has 2 aromatic rings. The lowest BCUT2D eigenvalue weighted by Crippen LogP contribution is -2.55. The summed E-state index contributed by atoms with van der Waals surface area (Å²) in [4.78, 5) is 14.3. The minimum absolute atomic E-state index is 0.0149. The summed E-state index contributed by atoms with van der Waals surface area (Å²) in [6.45, 7) is 2.38. The zero-order valence-corrected chi connectivity index (χ0v) is 16.0. The molecule has 2 aromatic carbocycles. The van der Waals surface area contributed by atoms with E-state index in [1.165, 1.54) is 31.2 Å². The average Bonchev–Trinajstić information content (AvgIpc) is 2.64. The fraction of sp³-hybridized carbons (Fsp3) is 0.333. The number of likely N-dealkylation sites (tertiary alicyclic amines) is 1. The molecule has 0 radical (unpaired) electrons. The maximum Gasteiger partial charge on any atom is 0.417 e. The van der Waals surface area contributed by atoms with Crippen molar-refractivity contribution in [1.82, 2.24) is 4.90 Å². The van der Waals surface area contributed by atoms with Crippen molar-refractivity contribution in [3.05, 3.63) is 65.0 Å². The van der Waals surface area contributed by atoms with E-state index < -0.39 is 28.8 Å². The smallest absolute Gasteiger partial charge is 0.379 e. The van der Waals surface area contributed by atoms with Crippen molar-refractivity contribution in [2.75, 3.05) is 25.0 Å². The molecular formula is C21H19F4N3O2. The number of rotatable bonds is 5. The van der Waals surface area contributed by atoms with E-state index >= 15 is 0 Å². The second-order valence-corrected chi connectivity index (χ2v) is 7.54. The molecule has 1 fully saturated rings. The molecule has 3 rings (SSSR count). The highest BCUT2D eigenvalue weighted by Crippen LogP contribution is 2.34. The third kappa shape index (κ3) is 4.78. The van der Waals surface area contributed by atoms with Gasteiger partial charge < -0.3 is 10.4 Å². The Hall–Kier alpha value is -2.96. The Morgan fingerprint density at radius 3 is 2.43 bits per heavy atom. The van der Waals surface area contributed by atoms with Crippen LogP contribution in [-0.2, 0) is 11.0 Å². The maximum atomic E-state index is 13.1. The van der Waals surface area contributed by atoms with Crippen LogP contribution in [0, 0.1) is 17.1 Å². The number of halogens is 4. The van der Waals surface area contributed by atoms with E-state index in [-0.39, 0.29) is 24.0 Å². The van der Waals surface area contributed by atoms with Gasteiger partial charge in [-0.05, 0) is 42.8 Å². The van der Waals surface area contributed by atoms with Crippen LogP contribution in [0.5, 0.6) is 0 Å². The molecule has 9 heteroatoms. The Morgan fingerprint density at radius 1 is 1.23 bits per heavy atom. The van der Waals surface area contributed by atoms with E-state index in [1.54, 1.807) is 12.1 Å². The predicted octanol–water partition coefficient (Wildman–Crippen LogP) is 3.51. The first-order valence-corrected chi connectivity index (χ1v) is 9.12. The van der Waals surface area contributed by atoms with Gasteiger partial charge in [0.2, 0.25) is 0 Å². The summed E-state index contributed by atoms with van der Waals surface area (Å²) in [5.74, 6) is -1.03. The van der Waals surface area contributed by atoms with Crippen LogP contribution in [0.2, 0.25) is 0 Å². The molecule has 0 saturated carbocycles. The fourth-order valence-electron chi connectivity index (χ4n) is 3.37. The number of nitrogens with one attached hydrogen (secondary N) is 1. The molecule has 0 aliphatic carbocycles. The van der Waals surface area contributed by atoms with Gasteiger partial charge in [-0.15, -0.1) is 0 Å².